The molecule has 0 bridgehead atoms. The van der Waals surface area contributed by atoms with Gasteiger partial charge in [-0.2, -0.15) is 0 Å². The molecule has 0 saturated carbocycles. The zero-order chi connectivity index (χ0) is 23.0. The first kappa shape index (κ1) is 22.7. The van der Waals surface area contributed by atoms with E-state index in [4.69, 9.17) is 9.47 Å². The van der Waals surface area contributed by atoms with Gasteiger partial charge in [0.1, 0.15) is 17.7 Å². The number of carbonyl (C=O) groups excluding carboxylic acids is 3. The number of benzene rings is 1. The minimum atomic E-state index is -0.613. The van der Waals surface area contributed by atoms with Crippen LogP contribution in [-0.4, -0.2) is 58.4 Å². The van der Waals surface area contributed by atoms with Gasteiger partial charge in [-0.25, -0.2) is 9.59 Å². The van der Waals surface area contributed by atoms with E-state index in [2.05, 4.69) is 0 Å². The van der Waals surface area contributed by atoms with Crippen LogP contribution in [0.25, 0.3) is 10.9 Å². The van der Waals surface area contributed by atoms with E-state index >= 15 is 0 Å². The molecule has 2 heterocycles. The SMILES string of the molecule is CC(C)(C)OC(=O)N1CCCN(c2ccc3c(ccn3C(=O)OC(C)(C)C)c2)C(=O)C1. The third kappa shape index (κ3) is 5.57. The fourth-order valence-corrected chi connectivity index (χ4v) is 3.40. The van der Waals surface area contributed by atoms with Crippen LogP contribution in [0.15, 0.2) is 30.5 Å². The van der Waals surface area contributed by atoms with Crippen LogP contribution in [0.5, 0.6) is 0 Å². The Balaban J connectivity index is 1.78. The first-order chi connectivity index (χ1) is 14.3. The monoisotopic (exact) mass is 429 g/mol. The van der Waals surface area contributed by atoms with Crippen LogP contribution in [0.2, 0.25) is 0 Å². The normalized spacial score (nSPS) is 15.7. The van der Waals surface area contributed by atoms with Crippen LogP contribution in [0.1, 0.15) is 48.0 Å². The molecule has 0 unspecified atom stereocenters. The standard InChI is InChI=1S/C23H31N3O5/c1-22(2,3)30-20(28)24-11-7-12-25(19(27)15-24)17-8-9-18-16(14-17)10-13-26(18)21(29)31-23(4,5)6/h8-10,13-14H,7,11-12,15H2,1-6H3. The highest BCUT2D eigenvalue weighted by Crippen LogP contribution is 2.26. The van der Waals surface area contributed by atoms with E-state index in [1.54, 1.807) is 37.9 Å². The Kier molecular flexibility index (Phi) is 6.02. The zero-order valence-corrected chi connectivity index (χ0v) is 19.1. The molecule has 0 aliphatic carbocycles. The Morgan fingerprint density at radius 3 is 2.19 bits per heavy atom. The third-order valence-corrected chi connectivity index (χ3v) is 4.66. The van der Waals surface area contributed by atoms with E-state index in [1.807, 2.05) is 39.0 Å². The van der Waals surface area contributed by atoms with Gasteiger partial charge in [0.05, 0.1) is 5.52 Å². The van der Waals surface area contributed by atoms with Crippen molar-refractivity contribution in [1.82, 2.24) is 9.47 Å². The first-order valence-electron chi connectivity index (χ1n) is 10.5. The number of rotatable bonds is 1. The Labute approximate surface area is 182 Å². The number of amides is 2. The highest BCUT2D eigenvalue weighted by molar-refractivity contribution is 5.99. The number of aromatic nitrogens is 1. The van der Waals surface area contributed by atoms with Crippen molar-refractivity contribution in [3.8, 4) is 0 Å². The zero-order valence-electron chi connectivity index (χ0n) is 19.1. The van der Waals surface area contributed by atoms with Crippen LogP contribution in [0.4, 0.5) is 15.3 Å². The summed E-state index contributed by atoms with van der Waals surface area (Å²) >= 11 is 0. The number of hydrogen-bond donors (Lipinski definition) is 0. The molecule has 8 nitrogen and oxygen atoms in total. The summed E-state index contributed by atoms with van der Waals surface area (Å²) in [7, 11) is 0. The summed E-state index contributed by atoms with van der Waals surface area (Å²) in [6.07, 6.45) is 1.38. The van der Waals surface area contributed by atoms with Crippen LogP contribution in [0, 0.1) is 0 Å². The average molecular weight is 430 g/mol. The van der Waals surface area contributed by atoms with Crippen molar-refractivity contribution in [2.75, 3.05) is 24.5 Å². The molecular formula is C23H31N3O5. The molecule has 2 amide bonds. The lowest BCUT2D eigenvalue weighted by molar-refractivity contribution is -0.119. The highest BCUT2D eigenvalue weighted by Gasteiger charge is 2.29. The van der Waals surface area contributed by atoms with E-state index in [1.165, 1.54) is 9.47 Å². The summed E-state index contributed by atoms with van der Waals surface area (Å²) < 4.78 is 12.3. The van der Waals surface area contributed by atoms with Crippen molar-refractivity contribution in [1.29, 1.82) is 0 Å². The Bertz CT molecular complexity index is 997. The van der Waals surface area contributed by atoms with Gasteiger partial charge in [-0.05, 0) is 72.2 Å². The Hall–Kier alpha value is -3.03. The molecule has 1 aromatic carbocycles. The maximum atomic E-state index is 12.9. The molecule has 2 aromatic rings. The fourth-order valence-electron chi connectivity index (χ4n) is 3.40. The van der Waals surface area contributed by atoms with Gasteiger partial charge in [0.2, 0.25) is 5.91 Å². The predicted octanol–water partition coefficient (Wildman–Crippen LogP) is 4.40. The van der Waals surface area contributed by atoms with Gasteiger partial charge >= 0.3 is 12.2 Å². The number of ether oxygens (including phenoxy) is 2. The summed E-state index contributed by atoms with van der Waals surface area (Å²) in [6, 6.07) is 7.30. The predicted molar refractivity (Wildman–Crippen MR) is 118 cm³/mol. The molecule has 31 heavy (non-hydrogen) atoms. The molecule has 3 rings (SSSR count). The lowest BCUT2D eigenvalue weighted by atomic mass is 10.2. The number of fused-ring (bicyclic) bond motifs is 1. The molecule has 0 radical (unpaired) electrons. The Morgan fingerprint density at radius 1 is 0.903 bits per heavy atom. The van der Waals surface area contributed by atoms with Crippen molar-refractivity contribution in [2.45, 2.75) is 59.2 Å². The second kappa shape index (κ2) is 8.24. The number of anilines is 1. The lowest BCUT2D eigenvalue weighted by Crippen LogP contribution is -2.41. The maximum absolute atomic E-state index is 12.9. The largest absolute Gasteiger partial charge is 0.444 e. The molecule has 0 N–H and O–H groups in total. The third-order valence-electron chi connectivity index (χ3n) is 4.66. The van der Waals surface area contributed by atoms with E-state index in [-0.39, 0.29) is 12.5 Å². The van der Waals surface area contributed by atoms with Crippen molar-refractivity contribution in [3.05, 3.63) is 30.5 Å². The average Bonchev–Trinajstić information content (AvgIpc) is 2.94. The van der Waals surface area contributed by atoms with Crippen LogP contribution in [-0.2, 0) is 14.3 Å². The number of carbonyl (C=O) groups is 3. The van der Waals surface area contributed by atoms with E-state index in [0.717, 1.165) is 11.1 Å². The van der Waals surface area contributed by atoms with Gasteiger partial charge in [-0.15, -0.1) is 0 Å². The Morgan fingerprint density at radius 2 is 1.55 bits per heavy atom. The summed E-state index contributed by atoms with van der Waals surface area (Å²) in [5.41, 5.74) is 0.228. The number of hydrogen-bond acceptors (Lipinski definition) is 5. The minimum Gasteiger partial charge on any atom is -0.444 e. The van der Waals surface area contributed by atoms with Gasteiger partial charge in [0.25, 0.3) is 0 Å². The summed E-state index contributed by atoms with van der Waals surface area (Å²) in [5.74, 6) is -0.172. The van der Waals surface area contributed by atoms with Gasteiger partial charge in [-0.3, -0.25) is 14.3 Å². The molecular weight excluding hydrogens is 398 g/mol. The molecule has 1 aliphatic heterocycles. The van der Waals surface area contributed by atoms with E-state index in [9.17, 15) is 14.4 Å². The molecule has 1 saturated heterocycles. The number of nitrogens with zero attached hydrogens (tertiary/aromatic N) is 3. The van der Waals surface area contributed by atoms with E-state index < -0.39 is 23.4 Å². The van der Waals surface area contributed by atoms with Crippen molar-refractivity contribution < 1.29 is 23.9 Å². The van der Waals surface area contributed by atoms with Crippen LogP contribution < -0.4 is 4.90 Å². The highest BCUT2D eigenvalue weighted by atomic mass is 16.6. The maximum Gasteiger partial charge on any atom is 0.418 e. The summed E-state index contributed by atoms with van der Waals surface area (Å²) in [5, 5.41) is 0.824. The second-order valence-electron chi connectivity index (χ2n) is 9.71. The second-order valence-corrected chi connectivity index (χ2v) is 9.71. The molecule has 8 heteroatoms. The quantitative estimate of drug-likeness (QED) is 0.671. The summed E-state index contributed by atoms with van der Waals surface area (Å²) in [6.45, 7) is 11.8. The molecule has 0 spiro atoms. The molecule has 1 fully saturated rings. The van der Waals surface area contributed by atoms with Gasteiger partial charge in [0.15, 0.2) is 0 Å². The van der Waals surface area contributed by atoms with Crippen molar-refractivity contribution in [3.63, 3.8) is 0 Å². The van der Waals surface area contributed by atoms with Crippen LogP contribution >= 0.6 is 0 Å². The topological polar surface area (TPSA) is 81.1 Å². The minimum absolute atomic E-state index is 0.0358. The first-order valence-corrected chi connectivity index (χ1v) is 10.5. The van der Waals surface area contributed by atoms with Gasteiger partial charge in [-0.1, -0.05) is 0 Å². The lowest BCUT2D eigenvalue weighted by Gasteiger charge is -2.26. The van der Waals surface area contributed by atoms with Crippen molar-refractivity contribution in [2.24, 2.45) is 0 Å². The van der Waals surface area contributed by atoms with Crippen molar-refractivity contribution >= 4 is 34.7 Å². The summed E-state index contributed by atoms with van der Waals surface area (Å²) in [4.78, 5) is 40.9. The molecule has 1 aliphatic rings. The van der Waals surface area contributed by atoms with Crippen LogP contribution in [0.3, 0.4) is 0 Å². The molecule has 0 atom stereocenters. The molecule has 1 aromatic heterocycles. The fraction of sp³-hybridized carbons (Fsp3) is 0.522. The smallest absolute Gasteiger partial charge is 0.418 e. The van der Waals surface area contributed by atoms with E-state index in [0.29, 0.717) is 25.0 Å². The van der Waals surface area contributed by atoms with Gasteiger partial charge < -0.3 is 14.4 Å². The molecule has 168 valence electrons. The van der Waals surface area contributed by atoms with Gasteiger partial charge in [0, 0.05) is 30.4 Å².